The van der Waals surface area contributed by atoms with E-state index in [-0.39, 0.29) is 26.5 Å². The molecule has 0 unspecified atom stereocenters. The van der Waals surface area contributed by atoms with Gasteiger partial charge in [-0.1, -0.05) is 34.1 Å². The van der Waals surface area contributed by atoms with Gasteiger partial charge in [0.05, 0.1) is 0 Å². The van der Waals surface area contributed by atoms with E-state index in [1.165, 1.54) is 6.54 Å². The van der Waals surface area contributed by atoms with Crippen LogP contribution in [0.3, 0.4) is 0 Å². The fourth-order valence-corrected chi connectivity index (χ4v) is 1.41. The summed E-state index contributed by atoms with van der Waals surface area (Å²) in [7, 11) is 0. The first-order valence-corrected chi connectivity index (χ1v) is 5.96. The number of rotatable bonds is 1. The van der Waals surface area contributed by atoms with Crippen molar-refractivity contribution >= 4 is 0 Å². The average molecular weight is 383 g/mol. The molecule has 0 N–H and O–H groups in total. The first-order valence-electron chi connectivity index (χ1n) is 5.96. The first kappa shape index (κ1) is 21.0. The van der Waals surface area contributed by atoms with E-state index in [2.05, 4.69) is 32.6 Å². The van der Waals surface area contributed by atoms with E-state index in [9.17, 15) is 0 Å². The van der Waals surface area contributed by atoms with Crippen molar-refractivity contribution in [2.75, 3.05) is 13.1 Å². The summed E-state index contributed by atoms with van der Waals surface area (Å²) in [4.78, 5) is 2.43. The summed E-state index contributed by atoms with van der Waals surface area (Å²) < 4.78 is 0. The minimum atomic E-state index is 0. The van der Waals surface area contributed by atoms with Gasteiger partial charge in [0.25, 0.3) is 0 Å². The third-order valence-electron chi connectivity index (χ3n) is 2.20. The molecular weight excluding hydrogens is 354 g/mol. The van der Waals surface area contributed by atoms with Crippen molar-refractivity contribution in [3.63, 3.8) is 0 Å². The summed E-state index contributed by atoms with van der Waals surface area (Å²) in [6.45, 7) is 22.8. The van der Waals surface area contributed by atoms with Gasteiger partial charge < -0.3 is 18.7 Å². The van der Waals surface area contributed by atoms with Gasteiger partial charge in [-0.25, -0.2) is 0 Å². The molecule has 0 amide bonds. The zero-order valence-electron chi connectivity index (χ0n) is 11.5. The Hall–Kier alpha value is 0.648. The smallest absolute Gasteiger partial charge is 0.365 e. The normalized spacial score (nSPS) is 18.2. The molecule has 1 aliphatic rings. The van der Waals surface area contributed by atoms with Crippen LogP contribution in [0.2, 0.25) is 0 Å². The van der Waals surface area contributed by atoms with E-state index in [0.29, 0.717) is 6.04 Å². The Morgan fingerprint density at radius 1 is 1.07 bits per heavy atom. The minimum Gasteiger partial charge on any atom is -0.365 e. The van der Waals surface area contributed by atoms with Crippen molar-refractivity contribution in [1.29, 1.82) is 0 Å². The van der Waals surface area contributed by atoms with E-state index in [0.717, 1.165) is 13.0 Å². The molecule has 0 aromatic heterocycles. The molecule has 0 aromatic carbocycles. The van der Waals surface area contributed by atoms with E-state index in [1.54, 1.807) is 0 Å². The minimum absolute atomic E-state index is 0. The number of likely N-dealkylation sites (tertiary alicyclic amines) is 1. The Bertz CT molecular complexity index is 122. The third kappa shape index (κ3) is 9.57. The zero-order chi connectivity index (χ0) is 11.8. The zero-order valence-corrected chi connectivity index (χ0v) is 14.4. The summed E-state index contributed by atoms with van der Waals surface area (Å²) in [5.41, 5.74) is 0.0737. The van der Waals surface area contributed by atoms with Crippen LogP contribution in [0, 0.1) is 19.3 Å². The Balaban J connectivity index is -0.000000258. The van der Waals surface area contributed by atoms with Crippen LogP contribution in [0.15, 0.2) is 0 Å². The fraction of sp³-hybridized carbons (Fsp3) is 0.846. The topological polar surface area (TPSA) is 3.24 Å². The van der Waals surface area contributed by atoms with Crippen LogP contribution in [-0.2, 0) is 21.1 Å². The quantitative estimate of drug-likeness (QED) is 0.623. The van der Waals surface area contributed by atoms with Crippen molar-refractivity contribution in [3.05, 3.63) is 13.8 Å². The van der Waals surface area contributed by atoms with Crippen LogP contribution in [-0.4, -0.2) is 24.0 Å². The summed E-state index contributed by atoms with van der Waals surface area (Å²) in [6.07, 6.45) is 1.14. The third-order valence-corrected chi connectivity index (χ3v) is 2.20. The molecule has 0 radical (unpaired) electrons. The molecule has 2 heteroatoms. The van der Waals surface area contributed by atoms with E-state index in [1.807, 2.05) is 27.7 Å². The molecule has 92 valence electrons. The molecular formula is C13H29NW. The number of nitrogens with zero attached hydrogens (tertiary/aromatic N) is 1. The van der Waals surface area contributed by atoms with Gasteiger partial charge >= 0.3 is 21.1 Å². The van der Waals surface area contributed by atoms with Crippen LogP contribution < -0.4 is 0 Å². The Labute approximate surface area is 112 Å². The maximum absolute atomic E-state index is 4.05. The van der Waals surface area contributed by atoms with Crippen molar-refractivity contribution in [3.8, 4) is 0 Å². The van der Waals surface area contributed by atoms with Crippen molar-refractivity contribution in [2.45, 2.75) is 54.0 Å². The molecule has 0 spiro atoms. The average Bonchev–Trinajstić information content (AvgIpc) is 2.53. The van der Waals surface area contributed by atoms with Crippen molar-refractivity contribution in [1.82, 2.24) is 4.90 Å². The van der Waals surface area contributed by atoms with Gasteiger partial charge in [0, 0.05) is 6.04 Å². The van der Waals surface area contributed by atoms with E-state index < -0.39 is 0 Å². The number of hydrogen-bond donors (Lipinski definition) is 0. The Kier molecular flexibility index (Phi) is 15.6. The van der Waals surface area contributed by atoms with Crippen LogP contribution in [0.1, 0.15) is 48.0 Å². The largest absolute Gasteiger partial charge is 2.00 e. The Morgan fingerprint density at radius 3 is 1.60 bits per heavy atom. The summed E-state index contributed by atoms with van der Waals surface area (Å²) in [5, 5.41) is 0. The molecule has 15 heavy (non-hydrogen) atoms. The standard InChI is InChI=1S/C9H17N.2C2H6.W/c1-8(2)10-6-5-9(3,4)7-10;2*1-2;/h8H,3-7H2,1-2H3;2*1-2H3;/q-2;;;+2. The van der Waals surface area contributed by atoms with Gasteiger partial charge in [-0.05, 0) is 26.9 Å². The molecule has 1 saturated heterocycles. The van der Waals surface area contributed by atoms with Gasteiger partial charge in [0.15, 0.2) is 0 Å². The maximum atomic E-state index is 4.05. The molecule has 1 rings (SSSR count). The molecule has 0 aliphatic carbocycles. The summed E-state index contributed by atoms with van der Waals surface area (Å²) >= 11 is 0. The predicted octanol–water partition coefficient (Wildman–Crippen LogP) is 3.80. The predicted molar refractivity (Wildman–Crippen MR) is 67.2 cm³/mol. The second-order valence-electron chi connectivity index (χ2n) is 3.81. The van der Waals surface area contributed by atoms with Crippen LogP contribution in [0.25, 0.3) is 0 Å². The second kappa shape index (κ2) is 11.1. The fourth-order valence-electron chi connectivity index (χ4n) is 1.41. The second-order valence-corrected chi connectivity index (χ2v) is 3.81. The van der Waals surface area contributed by atoms with E-state index in [4.69, 9.17) is 0 Å². The van der Waals surface area contributed by atoms with Gasteiger partial charge in [-0.15, -0.1) is 0 Å². The maximum Gasteiger partial charge on any atom is 2.00 e. The molecule has 1 fully saturated rings. The SMILES string of the molecule is CC.CC.[CH2-]C1([CH2-])CCN(C(C)C)C1.[W+2]. The van der Waals surface area contributed by atoms with Crippen molar-refractivity contribution < 1.29 is 21.1 Å². The van der Waals surface area contributed by atoms with Gasteiger partial charge in [0.1, 0.15) is 0 Å². The molecule has 0 aromatic rings. The monoisotopic (exact) mass is 383 g/mol. The van der Waals surface area contributed by atoms with Gasteiger partial charge in [0.2, 0.25) is 0 Å². The number of hydrogen-bond acceptors (Lipinski definition) is 1. The summed E-state index contributed by atoms with van der Waals surface area (Å²) in [5.74, 6) is 0. The molecule has 1 heterocycles. The van der Waals surface area contributed by atoms with Gasteiger partial charge in [-0.3, -0.25) is 5.41 Å². The van der Waals surface area contributed by atoms with Gasteiger partial charge in [-0.2, -0.15) is 0 Å². The molecule has 1 nitrogen and oxygen atoms in total. The van der Waals surface area contributed by atoms with E-state index >= 15 is 0 Å². The van der Waals surface area contributed by atoms with Crippen LogP contribution >= 0.6 is 0 Å². The van der Waals surface area contributed by atoms with Crippen LogP contribution in [0.4, 0.5) is 0 Å². The van der Waals surface area contributed by atoms with Crippen LogP contribution in [0.5, 0.6) is 0 Å². The molecule has 0 atom stereocenters. The molecule has 1 aliphatic heterocycles. The Morgan fingerprint density at radius 2 is 1.47 bits per heavy atom. The molecule has 0 bridgehead atoms. The summed E-state index contributed by atoms with van der Waals surface area (Å²) in [6, 6.07) is 0.658. The first-order chi connectivity index (χ1) is 6.51. The molecule has 0 saturated carbocycles. The van der Waals surface area contributed by atoms with Crippen molar-refractivity contribution in [2.24, 2.45) is 5.41 Å².